The molecule has 2 rings (SSSR count). The predicted molar refractivity (Wildman–Crippen MR) is 83.8 cm³/mol. The molecule has 0 fully saturated rings. The van der Waals surface area contributed by atoms with Crippen molar-refractivity contribution < 1.29 is 19.1 Å². The van der Waals surface area contributed by atoms with Crippen molar-refractivity contribution in [2.45, 2.75) is 32.8 Å². The van der Waals surface area contributed by atoms with Crippen molar-refractivity contribution in [2.24, 2.45) is 0 Å². The molecular weight excluding hydrogens is 298 g/mol. The van der Waals surface area contributed by atoms with Crippen molar-refractivity contribution in [1.29, 1.82) is 0 Å². The van der Waals surface area contributed by atoms with Gasteiger partial charge in [0.2, 0.25) is 0 Å². The number of aromatic nitrogens is 2. The molecule has 2 heterocycles. The Balaban J connectivity index is 2.07. The van der Waals surface area contributed by atoms with Crippen LogP contribution in [0.15, 0.2) is 18.5 Å². The highest BCUT2D eigenvalue weighted by Crippen LogP contribution is 2.21. The lowest BCUT2D eigenvalue weighted by atomic mass is 10.1. The van der Waals surface area contributed by atoms with Crippen molar-refractivity contribution in [1.82, 2.24) is 14.9 Å². The number of amides is 1. The minimum absolute atomic E-state index is 0.167. The molecule has 0 aromatic carbocycles. The van der Waals surface area contributed by atoms with E-state index in [9.17, 15) is 9.59 Å². The summed E-state index contributed by atoms with van der Waals surface area (Å²) >= 11 is 0. The fraction of sp³-hybridized carbons (Fsp3) is 0.500. The van der Waals surface area contributed by atoms with Gasteiger partial charge in [-0.3, -0.25) is 4.98 Å². The maximum Gasteiger partial charge on any atom is 0.410 e. The molecule has 124 valence electrons. The van der Waals surface area contributed by atoms with Gasteiger partial charge in [-0.2, -0.15) is 0 Å². The summed E-state index contributed by atoms with van der Waals surface area (Å²) in [7, 11) is 1.30. The quantitative estimate of drug-likeness (QED) is 0.778. The summed E-state index contributed by atoms with van der Waals surface area (Å²) in [6.07, 6.45) is 5.16. The van der Waals surface area contributed by atoms with Gasteiger partial charge >= 0.3 is 12.1 Å². The molecule has 0 saturated heterocycles. The molecule has 0 bridgehead atoms. The standard InChI is InChI=1S/C16H21N3O4/c1-16(2,3)23-15(21)19-7-5-11(6-8-19)12-9-17-10-13(18-12)14(20)22-4/h5,9-10H,6-8H2,1-4H3. The van der Waals surface area contributed by atoms with Crippen LogP contribution in [0.4, 0.5) is 4.79 Å². The summed E-state index contributed by atoms with van der Waals surface area (Å²) in [5.74, 6) is -0.522. The Morgan fingerprint density at radius 3 is 2.57 bits per heavy atom. The van der Waals surface area contributed by atoms with Crippen molar-refractivity contribution in [3.8, 4) is 0 Å². The number of carbonyl (C=O) groups excluding carboxylic acids is 2. The second kappa shape index (κ2) is 6.76. The van der Waals surface area contributed by atoms with Gasteiger partial charge in [0, 0.05) is 13.1 Å². The Labute approximate surface area is 135 Å². The number of rotatable bonds is 2. The van der Waals surface area contributed by atoms with Crippen LogP contribution >= 0.6 is 0 Å². The Bertz CT molecular complexity index is 634. The Kier molecular flexibility index (Phi) is 4.98. The van der Waals surface area contributed by atoms with Gasteiger partial charge in [-0.15, -0.1) is 0 Å². The first-order valence-corrected chi connectivity index (χ1v) is 7.38. The average Bonchev–Trinajstić information content (AvgIpc) is 2.53. The Hall–Kier alpha value is -2.44. The molecule has 23 heavy (non-hydrogen) atoms. The van der Waals surface area contributed by atoms with Crippen LogP contribution in [-0.4, -0.2) is 52.7 Å². The molecule has 7 heteroatoms. The lowest BCUT2D eigenvalue weighted by molar-refractivity contribution is 0.0270. The first kappa shape index (κ1) is 16.9. The molecule has 0 spiro atoms. The normalized spacial score (nSPS) is 15.0. The smallest absolute Gasteiger partial charge is 0.410 e. The van der Waals surface area contributed by atoms with E-state index in [0.717, 1.165) is 5.57 Å². The maximum absolute atomic E-state index is 12.0. The van der Waals surface area contributed by atoms with Gasteiger partial charge in [-0.25, -0.2) is 14.6 Å². The number of methoxy groups -OCH3 is 1. The van der Waals surface area contributed by atoms with E-state index < -0.39 is 11.6 Å². The molecule has 1 aromatic rings. The van der Waals surface area contributed by atoms with Gasteiger partial charge in [0.05, 0.1) is 25.2 Å². The number of ether oxygens (including phenoxy) is 2. The third-order valence-corrected chi connectivity index (χ3v) is 3.22. The molecule has 0 saturated carbocycles. The number of hydrogen-bond acceptors (Lipinski definition) is 6. The molecule has 1 aliphatic rings. The molecule has 0 N–H and O–H groups in total. The molecule has 0 unspecified atom stereocenters. The minimum atomic E-state index is -0.522. The minimum Gasteiger partial charge on any atom is -0.464 e. The van der Waals surface area contributed by atoms with Crippen LogP contribution < -0.4 is 0 Å². The molecular formula is C16H21N3O4. The SMILES string of the molecule is COC(=O)c1cncc(C2=CCN(C(=O)OC(C)(C)C)CC2)n1. The second-order valence-corrected chi connectivity index (χ2v) is 6.19. The molecule has 0 atom stereocenters. The predicted octanol–water partition coefficient (Wildman–Crippen LogP) is 2.29. The van der Waals surface area contributed by atoms with Crippen LogP contribution in [0.3, 0.4) is 0 Å². The van der Waals surface area contributed by atoms with Crippen molar-refractivity contribution in [3.05, 3.63) is 29.9 Å². The number of esters is 1. The molecule has 1 amide bonds. The Morgan fingerprint density at radius 1 is 1.26 bits per heavy atom. The first-order valence-electron chi connectivity index (χ1n) is 7.38. The van der Waals surface area contributed by atoms with Gasteiger partial charge in [0.25, 0.3) is 0 Å². The fourth-order valence-corrected chi connectivity index (χ4v) is 2.12. The highest BCUT2D eigenvalue weighted by Gasteiger charge is 2.24. The summed E-state index contributed by atoms with van der Waals surface area (Å²) in [4.78, 5) is 33.4. The van der Waals surface area contributed by atoms with E-state index in [-0.39, 0.29) is 11.8 Å². The third kappa shape index (κ3) is 4.51. The van der Waals surface area contributed by atoms with Crippen LogP contribution in [0.2, 0.25) is 0 Å². The van der Waals surface area contributed by atoms with Gasteiger partial charge in [-0.05, 0) is 32.8 Å². The highest BCUT2D eigenvalue weighted by atomic mass is 16.6. The summed E-state index contributed by atoms with van der Waals surface area (Å²) in [5, 5.41) is 0. The van der Waals surface area contributed by atoms with E-state index in [1.807, 2.05) is 26.8 Å². The fourth-order valence-electron chi connectivity index (χ4n) is 2.12. The number of nitrogens with zero attached hydrogens (tertiary/aromatic N) is 3. The van der Waals surface area contributed by atoms with Gasteiger partial charge in [-0.1, -0.05) is 6.08 Å². The largest absolute Gasteiger partial charge is 0.464 e. The Morgan fingerprint density at radius 2 is 2.00 bits per heavy atom. The maximum atomic E-state index is 12.0. The van der Waals surface area contributed by atoms with E-state index in [1.165, 1.54) is 13.3 Å². The van der Waals surface area contributed by atoms with Crippen LogP contribution in [0, 0.1) is 0 Å². The lowest BCUT2D eigenvalue weighted by Gasteiger charge is -2.29. The summed E-state index contributed by atoms with van der Waals surface area (Å²) in [5.41, 5.74) is 1.22. The molecule has 1 aromatic heterocycles. The van der Waals surface area contributed by atoms with Crippen molar-refractivity contribution in [3.63, 3.8) is 0 Å². The zero-order chi connectivity index (χ0) is 17.0. The van der Waals surface area contributed by atoms with E-state index in [0.29, 0.717) is 25.2 Å². The molecule has 7 nitrogen and oxygen atoms in total. The molecule has 0 aliphatic carbocycles. The lowest BCUT2D eigenvalue weighted by Crippen LogP contribution is -2.39. The zero-order valence-electron chi connectivity index (χ0n) is 13.8. The summed E-state index contributed by atoms with van der Waals surface area (Å²) in [6.45, 7) is 6.48. The monoisotopic (exact) mass is 319 g/mol. The van der Waals surface area contributed by atoms with Crippen molar-refractivity contribution >= 4 is 17.6 Å². The third-order valence-electron chi connectivity index (χ3n) is 3.22. The van der Waals surface area contributed by atoms with E-state index in [4.69, 9.17) is 4.74 Å². The van der Waals surface area contributed by atoms with Crippen LogP contribution in [0.1, 0.15) is 43.4 Å². The zero-order valence-corrected chi connectivity index (χ0v) is 13.8. The van der Waals surface area contributed by atoms with Crippen molar-refractivity contribution in [2.75, 3.05) is 20.2 Å². The highest BCUT2D eigenvalue weighted by molar-refractivity contribution is 5.87. The number of carbonyl (C=O) groups is 2. The average molecular weight is 319 g/mol. The summed E-state index contributed by atoms with van der Waals surface area (Å²) < 4.78 is 10.00. The molecule has 0 radical (unpaired) electrons. The van der Waals surface area contributed by atoms with E-state index >= 15 is 0 Å². The van der Waals surface area contributed by atoms with Crippen LogP contribution in [0.25, 0.3) is 5.57 Å². The van der Waals surface area contributed by atoms with Crippen LogP contribution in [-0.2, 0) is 9.47 Å². The summed E-state index contributed by atoms with van der Waals surface area (Å²) in [6, 6.07) is 0. The topological polar surface area (TPSA) is 81.6 Å². The van der Waals surface area contributed by atoms with Gasteiger partial charge in [0.1, 0.15) is 5.60 Å². The first-order chi connectivity index (χ1) is 10.8. The van der Waals surface area contributed by atoms with Gasteiger partial charge in [0.15, 0.2) is 5.69 Å². The van der Waals surface area contributed by atoms with Gasteiger partial charge < -0.3 is 14.4 Å². The second-order valence-electron chi connectivity index (χ2n) is 6.19. The van der Waals surface area contributed by atoms with Crippen LogP contribution in [0.5, 0.6) is 0 Å². The van der Waals surface area contributed by atoms with E-state index in [2.05, 4.69) is 14.7 Å². The molecule has 1 aliphatic heterocycles. The van der Waals surface area contributed by atoms with E-state index in [1.54, 1.807) is 11.1 Å². The number of hydrogen-bond donors (Lipinski definition) is 0.